The quantitative estimate of drug-likeness (QED) is 0.772. The van der Waals surface area contributed by atoms with Gasteiger partial charge in [-0.05, 0) is 24.6 Å². The smallest absolute Gasteiger partial charge is 0.362 e. The van der Waals surface area contributed by atoms with Gasteiger partial charge in [0.25, 0.3) is 0 Å². The highest BCUT2D eigenvalue weighted by atomic mass is 16.5. The maximum atomic E-state index is 11.5. The van der Waals surface area contributed by atoms with Crippen molar-refractivity contribution in [2.24, 2.45) is 0 Å². The Kier molecular flexibility index (Phi) is 4.05. The number of ether oxygens (including phenoxy) is 1. The van der Waals surface area contributed by atoms with E-state index in [1.807, 2.05) is 6.92 Å². The van der Waals surface area contributed by atoms with Crippen LogP contribution in [0.5, 0.6) is 5.75 Å². The maximum absolute atomic E-state index is 11.5. The Morgan fingerprint density at radius 1 is 1.45 bits per heavy atom. The van der Waals surface area contributed by atoms with Crippen molar-refractivity contribution >= 4 is 16.9 Å². The number of carboxylic acid groups (broad SMARTS) is 1. The van der Waals surface area contributed by atoms with Crippen LogP contribution in [-0.4, -0.2) is 23.7 Å². The van der Waals surface area contributed by atoms with Gasteiger partial charge in [0, 0.05) is 23.9 Å². The number of carbonyl (C=O) groups is 1. The van der Waals surface area contributed by atoms with E-state index >= 15 is 0 Å². The zero-order chi connectivity index (χ0) is 14.7. The highest BCUT2D eigenvalue weighted by Gasteiger charge is 2.18. The molecule has 4 N–H and O–H groups in total. The number of benzene rings is 1. The molecule has 2 aromatic rings. The molecule has 0 saturated carbocycles. The zero-order valence-electron chi connectivity index (χ0n) is 11.1. The molecule has 0 fully saturated rings. The molecule has 0 amide bonds. The highest BCUT2D eigenvalue weighted by Crippen LogP contribution is 2.23. The van der Waals surface area contributed by atoms with Crippen LogP contribution in [0.2, 0.25) is 0 Å². The third-order valence-electron chi connectivity index (χ3n) is 2.93. The van der Waals surface area contributed by atoms with Crippen LogP contribution in [0.4, 0.5) is 0 Å². The molecule has 1 heterocycles. The average Bonchev–Trinajstić information content (AvgIpc) is 2.38. The molecule has 20 heavy (non-hydrogen) atoms. The molecule has 0 aliphatic rings. The SMILES string of the molecule is CCOc1ccc2c(C[C@H]([NH3+])C(=O)O)cc(=O)oc2c1. The van der Waals surface area contributed by atoms with Crippen LogP contribution in [0.3, 0.4) is 0 Å². The molecule has 1 aromatic heterocycles. The molecule has 2 rings (SSSR count). The lowest BCUT2D eigenvalue weighted by molar-refractivity contribution is -0.407. The van der Waals surface area contributed by atoms with Gasteiger partial charge in [0.2, 0.25) is 0 Å². The van der Waals surface area contributed by atoms with Crippen molar-refractivity contribution in [3.8, 4) is 5.75 Å². The van der Waals surface area contributed by atoms with Gasteiger partial charge in [-0.25, -0.2) is 9.59 Å². The lowest BCUT2D eigenvalue weighted by Gasteiger charge is -2.08. The van der Waals surface area contributed by atoms with Gasteiger partial charge in [0.1, 0.15) is 11.3 Å². The fourth-order valence-corrected chi connectivity index (χ4v) is 1.99. The first-order valence-electron chi connectivity index (χ1n) is 6.26. The Labute approximate surface area is 114 Å². The maximum Gasteiger partial charge on any atom is 0.362 e. The normalized spacial score (nSPS) is 12.3. The molecule has 0 radical (unpaired) electrons. The molecule has 1 aromatic carbocycles. The fraction of sp³-hybridized carbons (Fsp3) is 0.286. The molecule has 1 atom stereocenters. The van der Waals surface area contributed by atoms with Crippen molar-refractivity contribution in [3.63, 3.8) is 0 Å². The second kappa shape index (κ2) is 5.75. The first kappa shape index (κ1) is 14.1. The molecule has 0 aliphatic carbocycles. The Morgan fingerprint density at radius 3 is 2.85 bits per heavy atom. The number of hydrogen-bond acceptors (Lipinski definition) is 4. The topological polar surface area (TPSA) is 104 Å². The second-order valence-corrected chi connectivity index (χ2v) is 4.42. The van der Waals surface area contributed by atoms with E-state index < -0.39 is 17.6 Å². The van der Waals surface area contributed by atoms with Crippen molar-refractivity contribution < 1.29 is 24.8 Å². The van der Waals surface area contributed by atoms with Gasteiger partial charge in [0.05, 0.1) is 6.61 Å². The second-order valence-electron chi connectivity index (χ2n) is 4.42. The molecule has 0 bridgehead atoms. The number of rotatable bonds is 5. The lowest BCUT2D eigenvalue weighted by Crippen LogP contribution is -2.66. The lowest BCUT2D eigenvalue weighted by atomic mass is 10.0. The van der Waals surface area contributed by atoms with E-state index in [-0.39, 0.29) is 6.42 Å². The Bertz CT molecular complexity index is 692. The van der Waals surface area contributed by atoms with E-state index in [9.17, 15) is 9.59 Å². The molecule has 0 aliphatic heterocycles. The minimum Gasteiger partial charge on any atom is -0.494 e. The predicted octanol–water partition coefficient (Wildman–Crippen LogP) is 0.429. The van der Waals surface area contributed by atoms with Gasteiger partial charge >= 0.3 is 11.6 Å². The Hall–Kier alpha value is -2.34. The summed E-state index contributed by atoms with van der Waals surface area (Å²) in [4.78, 5) is 22.4. The van der Waals surface area contributed by atoms with Crippen molar-refractivity contribution in [1.82, 2.24) is 0 Å². The van der Waals surface area contributed by atoms with Crippen LogP contribution in [0.15, 0.2) is 33.5 Å². The molecule has 106 valence electrons. The first-order chi connectivity index (χ1) is 9.51. The standard InChI is InChI=1S/C14H15NO5/c1-2-19-9-3-4-10-8(5-11(15)14(17)18)6-13(16)20-12(10)7-9/h3-4,6-7,11H,2,5,15H2,1H3,(H,17,18)/p+1/t11-/m0/s1. The van der Waals surface area contributed by atoms with Crippen molar-refractivity contribution in [2.75, 3.05) is 6.61 Å². The summed E-state index contributed by atoms with van der Waals surface area (Å²) in [6, 6.07) is 5.64. The Balaban J connectivity index is 2.49. The minimum absolute atomic E-state index is 0.172. The van der Waals surface area contributed by atoms with Gasteiger partial charge in [-0.3, -0.25) is 0 Å². The van der Waals surface area contributed by atoms with Crippen LogP contribution in [0.1, 0.15) is 12.5 Å². The van der Waals surface area contributed by atoms with E-state index in [2.05, 4.69) is 5.73 Å². The summed E-state index contributed by atoms with van der Waals surface area (Å²) in [5.74, 6) is -0.401. The summed E-state index contributed by atoms with van der Waals surface area (Å²) < 4.78 is 10.5. The van der Waals surface area contributed by atoms with Crippen molar-refractivity contribution in [3.05, 3.63) is 40.2 Å². The molecular weight excluding hydrogens is 262 g/mol. The van der Waals surface area contributed by atoms with Crippen LogP contribution >= 0.6 is 0 Å². The molecule has 6 nitrogen and oxygen atoms in total. The minimum atomic E-state index is -1.00. The first-order valence-corrected chi connectivity index (χ1v) is 6.26. The molecular formula is C14H16NO5+. The van der Waals surface area contributed by atoms with E-state index in [1.165, 1.54) is 6.07 Å². The number of aliphatic carboxylic acids is 1. The Morgan fingerprint density at radius 2 is 2.20 bits per heavy atom. The highest BCUT2D eigenvalue weighted by molar-refractivity contribution is 5.82. The van der Waals surface area contributed by atoms with Gasteiger partial charge in [-0.1, -0.05) is 0 Å². The number of hydrogen-bond donors (Lipinski definition) is 2. The van der Waals surface area contributed by atoms with Gasteiger partial charge in [-0.15, -0.1) is 0 Å². The van der Waals surface area contributed by atoms with E-state index in [0.29, 0.717) is 28.9 Å². The predicted molar refractivity (Wildman–Crippen MR) is 71.7 cm³/mol. The van der Waals surface area contributed by atoms with Crippen LogP contribution in [0.25, 0.3) is 11.0 Å². The summed E-state index contributed by atoms with van der Waals surface area (Å²) in [6.45, 7) is 2.37. The fourth-order valence-electron chi connectivity index (χ4n) is 1.99. The summed E-state index contributed by atoms with van der Waals surface area (Å²) in [7, 11) is 0. The average molecular weight is 278 g/mol. The zero-order valence-corrected chi connectivity index (χ0v) is 11.1. The summed E-state index contributed by atoms with van der Waals surface area (Å²) in [6.07, 6.45) is 0.172. The number of fused-ring (bicyclic) bond motifs is 1. The van der Waals surface area contributed by atoms with E-state index in [4.69, 9.17) is 14.3 Å². The number of quaternary nitrogens is 1. The van der Waals surface area contributed by atoms with Crippen molar-refractivity contribution in [1.29, 1.82) is 0 Å². The molecule has 6 heteroatoms. The van der Waals surface area contributed by atoms with Gasteiger partial charge < -0.3 is 20.0 Å². The summed E-state index contributed by atoms with van der Waals surface area (Å²) >= 11 is 0. The monoisotopic (exact) mass is 278 g/mol. The summed E-state index contributed by atoms with van der Waals surface area (Å²) in [5, 5.41) is 9.61. The largest absolute Gasteiger partial charge is 0.494 e. The molecule has 0 saturated heterocycles. The van der Waals surface area contributed by atoms with Crippen LogP contribution in [-0.2, 0) is 11.2 Å². The molecule has 0 spiro atoms. The molecule has 0 unspecified atom stereocenters. The third-order valence-corrected chi connectivity index (χ3v) is 2.93. The van der Waals surface area contributed by atoms with Crippen LogP contribution in [0, 0.1) is 0 Å². The third kappa shape index (κ3) is 2.97. The van der Waals surface area contributed by atoms with Crippen molar-refractivity contribution in [2.45, 2.75) is 19.4 Å². The van der Waals surface area contributed by atoms with Crippen LogP contribution < -0.4 is 16.1 Å². The van der Waals surface area contributed by atoms with E-state index in [1.54, 1.807) is 18.2 Å². The summed E-state index contributed by atoms with van der Waals surface area (Å²) in [5.41, 5.74) is 4.04. The van der Waals surface area contributed by atoms with E-state index in [0.717, 1.165) is 0 Å². The van der Waals surface area contributed by atoms with Gasteiger partial charge in [-0.2, -0.15) is 0 Å². The number of carboxylic acids is 1. The van der Waals surface area contributed by atoms with Gasteiger partial charge in [0.15, 0.2) is 6.04 Å².